The second kappa shape index (κ2) is 5.70. The first kappa shape index (κ1) is 14.6. The maximum atomic E-state index is 11.9. The lowest BCUT2D eigenvalue weighted by atomic mass is 9.95. The van der Waals surface area contributed by atoms with Gasteiger partial charge in [0.2, 0.25) is 5.91 Å². The van der Waals surface area contributed by atoms with E-state index in [1.54, 1.807) is 6.26 Å². The summed E-state index contributed by atoms with van der Waals surface area (Å²) in [5.74, 6) is 0.501. The van der Waals surface area contributed by atoms with E-state index in [-0.39, 0.29) is 11.9 Å². The van der Waals surface area contributed by atoms with Gasteiger partial charge in [0.05, 0.1) is 12.7 Å². The normalized spacial score (nSPS) is 11.6. The average Bonchev–Trinajstić information content (AvgIpc) is 2.69. The molecule has 0 atom stereocenters. The Morgan fingerprint density at radius 1 is 1.25 bits per heavy atom. The lowest BCUT2D eigenvalue weighted by Gasteiger charge is -2.10. The highest BCUT2D eigenvalue weighted by Crippen LogP contribution is 2.29. The third kappa shape index (κ3) is 3.03. The minimum atomic E-state index is 0.0365. The number of rotatable bonds is 4. The molecule has 0 aliphatic carbocycles. The van der Waals surface area contributed by atoms with Gasteiger partial charge in [-0.25, -0.2) is 0 Å². The molecule has 108 valence electrons. The number of aryl methyl sites for hydroxylation is 1. The van der Waals surface area contributed by atoms with Crippen LogP contribution in [0.5, 0.6) is 0 Å². The van der Waals surface area contributed by atoms with Crippen molar-refractivity contribution in [3.63, 3.8) is 0 Å². The van der Waals surface area contributed by atoms with Crippen LogP contribution in [-0.2, 0) is 11.2 Å². The van der Waals surface area contributed by atoms with Crippen molar-refractivity contribution < 1.29 is 9.21 Å². The fourth-order valence-corrected chi connectivity index (χ4v) is 2.55. The Hall–Kier alpha value is -1.77. The minimum absolute atomic E-state index is 0.0365. The van der Waals surface area contributed by atoms with Gasteiger partial charge in [-0.3, -0.25) is 4.79 Å². The Kier molecular flexibility index (Phi) is 4.17. The van der Waals surface area contributed by atoms with Crippen LogP contribution in [0.1, 0.15) is 50.3 Å². The Morgan fingerprint density at radius 2 is 1.95 bits per heavy atom. The summed E-state index contributed by atoms with van der Waals surface area (Å²) < 4.78 is 5.59. The molecular formula is C17H23NO2. The summed E-state index contributed by atoms with van der Waals surface area (Å²) in [6.45, 7) is 10.4. The topological polar surface area (TPSA) is 42.2 Å². The second-order valence-electron chi connectivity index (χ2n) is 6.02. The minimum Gasteiger partial charge on any atom is -0.464 e. The summed E-state index contributed by atoms with van der Waals surface area (Å²) in [6.07, 6.45) is 2.07. The van der Waals surface area contributed by atoms with Crippen LogP contribution in [0.4, 0.5) is 0 Å². The molecule has 1 aromatic heterocycles. The highest BCUT2D eigenvalue weighted by atomic mass is 16.3. The van der Waals surface area contributed by atoms with Crippen LogP contribution in [0.2, 0.25) is 0 Å². The van der Waals surface area contributed by atoms with E-state index in [0.717, 1.165) is 16.5 Å². The van der Waals surface area contributed by atoms with Crippen LogP contribution in [0.25, 0.3) is 11.0 Å². The maximum Gasteiger partial charge on any atom is 0.224 e. The number of fused-ring (bicyclic) bond motifs is 1. The smallest absolute Gasteiger partial charge is 0.224 e. The van der Waals surface area contributed by atoms with Gasteiger partial charge in [-0.05, 0) is 49.9 Å². The highest BCUT2D eigenvalue weighted by Gasteiger charge is 2.14. The van der Waals surface area contributed by atoms with Crippen molar-refractivity contribution >= 4 is 16.9 Å². The van der Waals surface area contributed by atoms with E-state index in [0.29, 0.717) is 12.3 Å². The van der Waals surface area contributed by atoms with E-state index in [1.165, 1.54) is 11.1 Å². The number of hydrogen-bond acceptors (Lipinski definition) is 2. The lowest BCUT2D eigenvalue weighted by molar-refractivity contribution is -0.120. The molecule has 1 N–H and O–H groups in total. The molecule has 0 bridgehead atoms. The molecule has 3 nitrogen and oxygen atoms in total. The van der Waals surface area contributed by atoms with Crippen LogP contribution in [-0.4, -0.2) is 11.9 Å². The van der Waals surface area contributed by atoms with E-state index in [9.17, 15) is 4.79 Å². The van der Waals surface area contributed by atoms with Crippen molar-refractivity contribution in [1.29, 1.82) is 0 Å². The SMILES string of the molecule is Cc1cc2occ(CC(=O)NC(C)C)c2cc1C(C)C. The molecule has 3 heteroatoms. The Labute approximate surface area is 120 Å². The predicted molar refractivity (Wildman–Crippen MR) is 82.0 cm³/mol. The zero-order valence-corrected chi connectivity index (χ0v) is 12.9. The Bertz CT molecular complexity index is 623. The van der Waals surface area contributed by atoms with Crippen LogP contribution in [0.3, 0.4) is 0 Å². The summed E-state index contributed by atoms with van der Waals surface area (Å²) in [6, 6.07) is 4.39. The first-order valence-electron chi connectivity index (χ1n) is 7.18. The van der Waals surface area contributed by atoms with Crippen molar-refractivity contribution in [3.05, 3.63) is 35.1 Å². The van der Waals surface area contributed by atoms with E-state index in [1.807, 2.05) is 13.8 Å². The number of benzene rings is 1. The van der Waals surface area contributed by atoms with E-state index in [4.69, 9.17) is 4.42 Å². The molecule has 0 unspecified atom stereocenters. The first-order chi connectivity index (χ1) is 9.38. The van der Waals surface area contributed by atoms with E-state index in [2.05, 4.69) is 38.2 Å². The number of nitrogens with one attached hydrogen (secondary N) is 1. The molecule has 0 saturated carbocycles. The van der Waals surface area contributed by atoms with Gasteiger partial charge in [0.25, 0.3) is 0 Å². The van der Waals surface area contributed by atoms with Crippen molar-refractivity contribution in [3.8, 4) is 0 Å². The number of hydrogen-bond donors (Lipinski definition) is 1. The summed E-state index contributed by atoms with van der Waals surface area (Å²) >= 11 is 0. The van der Waals surface area contributed by atoms with Gasteiger partial charge in [0.1, 0.15) is 5.58 Å². The number of amides is 1. The molecule has 1 heterocycles. The highest BCUT2D eigenvalue weighted by molar-refractivity contribution is 5.88. The molecule has 1 amide bonds. The van der Waals surface area contributed by atoms with Crippen LogP contribution in [0.15, 0.2) is 22.8 Å². The van der Waals surface area contributed by atoms with Gasteiger partial charge in [-0.2, -0.15) is 0 Å². The third-order valence-electron chi connectivity index (χ3n) is 3.47. The van der Waals surface area contributed by atoms with Gasteiger partial charge in [-0.1, -0.05) is 13.8 Å². The maximum absolute atomic E-state index is 11.9. The van der Waals surface area contributed by atoms with Crippen molar-refractivity contribution in [2.24, 2.45) is 0 Å². The zero-order valence-electron chi connectivity index (χ0n) is 12.9. The monoisotopic (exact) mass is 273 g/mol. The molecule has 0 radical (unpaired) electrons. The summed E-state index contributed by atoms with van der Waals surface area (Å²) in [5, 5.41) is 3.97. The summed E-state index contributed by atoms with van der Waals surface area (Å²) in [7, 11) is 0. The quantitative estimate of drug-likeness (QED) is 0.917. The van der Waals surface area contributed by atoms with Crippen molar-refractivity contribution in [1.82, 2.24) is 5.32 Å². The van der Waals surface area contributed by atoms with Crippen LogP contribution in [0, 0.1) is 6.92 Å². The standard InChI is InChI=1S/C17H23NO2/c1-10(2)14-8-15-13(7-17(19)18-11(3)4)9-20-16(15)6-12(14)5/h6,8-11H,7H2,1-5H3,(H,18,19). The van der Waals surface area contributed by atoms with Gasteiger partial charge >= 0.3 is 0 Å². The lowest BCUT2D eigenvalue weighted by Crippen LogP contribution is -2.31. The molecule has 1 aromatic carbocycles. The number of carbonyl (C=O) groups is 1. The summed E-state index contributed by atoms with van der Waals surface area (Å²) in [4.78, 5) is 11.9. The molecule has 2 rings (SSSR count). The molecule has 0 aliphatic rings. The van der Waals surface area contributed by atoms with Crippen molar-refractivity contribution in [2.45, 2.75) is 53.0 Å². The molecule has 0 spiro atoms. The van der Waals surface area contributed by atoms with Crippen LogP contribution < -0.4 is 5.32 Å². The second-order valence-corrected chi connectivity index (χ2v) is 6.02. The third-order valence-corrected chi connectivity index (χ3v) is 3.47. The van der Waals surface area contributed by atoms with Gasteiger partial charge < -0.3 is 9.73 Å². The molecular weight excluding hydrogens is 250 g/mol. The molecule has 0 fully saturated rings. The molecule has 20 heavy (non-hydrogen) atoms. The van der Waals surface area contributed by atoms with Gasteiger partial charge in [0, 0.05) is 17.0 Å². The van der Waals surface area contributed by atoms with Crippen molar-refractivity contribution in [2.75, 3.05) is 0 Å². The predicted octanol–water partition coefficient (Wildman–Crippen LogP) is 3.93. The van der Waals surface area contributed by atoms with Gasteiger partial charge in [-0.15, -0.1) is 0 Å². The summed E-state index contributed by atoms with van der Waals surface area (Å²) in [5.41, 5.74) is 4.36. The first-order valence-corrected chi connectivity index (χ1v) is 7.18. The van der Waals surface area contributed by atoms with E-state index < -0.39 is 0 Å². The number of furan rings is 1. The molecule has 2 aromatic rings. The number of carbonyl (C=O) groups excluding carboxylic acids is 1. The fourth-order valence-electron chi connectivity index (χ4n) is 2.55. The average molecular weight is 273 g/mol. The molecule has 0 aliphatic heterocycles. The fraction of sp³-hybridized carbons (Fsp3) is 0.471. The molecule has 0 saturated heterocycles. The zero-order chi connectivity index (χ0) is 14.9. The van der Waals surface area contributed by atoms with Crippen LogP contribution >= 0.6 is 0 Å². The van der Waals surface area contributed by atoms with Gasteiger partial charge in [0.15, 0.2) is 0 Å². The van der Waals surface area contributed by atoms with E-state index >= 15 is 0 Å². The Balaban J connectivity index is 2.35. The largest absolute Gasteiger partial charge is 0.464 e. The Morgan fingerprint density at radius 3 is 2.55 bits per heavy atom.